The fourth-order valence-electron chi connectivity index (χ4n) is 1.30. The minimum absolute atomic E-state index is 0.0463. The molecule has 0 atom stereocenters. The van der Waals surface area contributed by atoms with Gasteiger partial charge in [0.1, 0.15) is 5.75 Å². The van der Waals surface area contributed by atoms with Gasteiger partial charge in [-0.1, -0.05) is 11.8 Å². The Morgan fingerprint density at radius 2 is 2.19 bits per heavy atom. The average Bonchev–Trinajstić information content (AvgIpc) is 2.15. The number of nitrogens with one attached hydrogen (secondary N) is 1. The lowest BCUT2D eigenvalue weighted by Gasteiger charge is -1.97. The minimum Gasteiger partial charge on any atom is -0.508 e. The third-order valence-electron chi connectivity index (χ3n) is 1.92. The van der Waals surface area contributed by atoms with Crippen molar-refractivity contribution in [2.24, 2.45) is 0 Å². The van der Waals surface area contributed by atoms with Crippen LogP contribution < -0.4 is 5.32 Å². The quantitative estimate of drug-likeness (QED) is 0.583. The van der Waals surface area contributed by atoms with E-state index in [0.29, 0.717) is 13.0 Å². The van der Waals surface area contributed by atoms with E-state index in [1.54, 1.807) is 12.1 Å². The second-order valence-electron chi connectivity index (χ2n) is 3.59. The molecule has 0 saturated carbocycles. The standard InChI is InChI=1S/C13H15NO2/c1-10-7-12(9-13(16)8-10)5-3-4-6-14-11(2)15/h7-9,16H,4,6H2,1-2H3,(H,14,15). The molecule has 0 aliphatic carbocycles. The fourth-order valence-corrected chi connectivity index (χ4v) is 1.30. The van der Waals surface area contributed by atoms with Gasteiger partial charge in [-0.3, -0.25) is 4.79 Å². The normalized spacial score (nSPS) is 9.12. The molecule has 2 N–H and O–H groups in total. The summed E-state index contributed by atoms with van der Waals surface area (Å²) in [4.78, 5) is 10.6. The molecular formula is C13H15NO2. The van der Waals surface area contributed by atoms with Crippen molar-refractivity contribution in [3.63, 3.8) is 0 Å². The first kappa shape index (κ1) is 12.1. The molecule has 1 aromatic rings. The molecule has 0 radical (unpaired) electrons. The van der Waals surface area contributed by atoms with Gasteiger partial charge in [0.25, 0.3) is 0 Å². The number of hydrogen-bond acceptors (Lipinski definition) is 2. The highest BCUT2D eigenvalue weighted by molar-refractivity contribution is 5.72. The lowest BCUT2D eigenvalue weighted by atomic mass is 10.1. The molecule has 84 valence electrons. The molecule has 0 aliphatic rings. The van der Waals surface area contributed by atoms with Gasteiger partial charge in [-0.05, 0) is 30.7 Å². The van der Waals surface area contributed by atoms with Crippen molar-refractivity contribution in [3.05, 3.63) is 29.3 Å². The van der Waals surface area contributed by atoms with Crippen molar-refractivity contribution >= 4 is 5.91 Å². The Morgan fingerprint density at radius 1 is 1.44 bits per heavy atom. The summed E-state index contributed by atoms with van der Waals surface area (Å²) >= 11 is 0. The van der Waals surface area contributed by atoms with Crippen molar-refractivity contribution in [1.82, 2.24) is 5.32 Å². The largest absolute Gasteiger partial charge is 0.508 e. The van der Waals surface area contributed by atoms with Crippen LogP contribution >= 0.6 is 0 Å². The SMILES string of the molecule is CC(=O)NCCC#Cc1cc(C)cc(O)c1. The molecule has 3 heteroatoms. The number of aryl methyl sites for hydroxylation is 1. The number of amides is 1. The summed E-state index contributed by atoms with van der Waals surface area (Å²) in [5, 5.41) is 12.0. The molecule has 0 aliphatic heterocycles. The highest BCUT2D eigenvalue weighted by Gasteiger charge is 1.93. The number of carbonyl (C=O) groups excluding carboxylic acids is 1. The molecule has 1 amide bonds. The lowest BCUT2D eigenvalue weighted by molar-refractivity contribution is -0.118. The van der Waals surface area contributed by atoms with Gasteiger partial charge < -0.3 is 10.4 Å². The monoisotopic (exact) mass is 217 g/mol. The highest BCUT2D eigenvalue weighted by atomic mass is 16.3. The molecule has 1 aromatic carbocycles. The molecule has 0 aromatic heterocycles. The van der Waals surface area contributed by atoms with Gasteiger partial charge in [-0.2, -0.15) is 0 Å². The van der Waals surface area contributed by atoms with Crippen LogP contribution in [-0.2, 0) is 4.79 Å². The zero-order valence-electron chi connectivity index (χ0n) is 9.50. The third kappa shape index (κ3) is 4.52. The molecule has 1 rings (SSSR count). The first-order valence-electron chi connectivity index (χ1n) is 5.12. The summed E-state index contributed by atoms with van der Waals surface area (Å²) in [6.07, 6.45) is 0.605. The lowest BCUT2D eigenvalue weighted by Crippen LogP contribution is -2.20. The number of phenolic OH excluding ortho intramolecular Hbond substituents is 1. The first-order valence-corrected chi connectivity index (χ1v) is 5.12. The summed E-state index contributed by atoms with van der Waals surface area (Å²) in [7, 11) is 0. The number of phenols is 1. The van der Waals surface area contributed by atoms with Crippen LogP contribution in [0.4, 0.5) is 0 Å². The van der Waals surface area contributed by atoms with Gasteiger partial charge in [0.05, 0.1) is 0 Å². The summed E-state index contributed by atoms with van der Waals surface area (Å²) in [6, 6.07) is 5.21. The second kappa shape index (κ2) is 5.82. The molecule has 0 fully saturated rings. The van der Waals surface area contributed by atoms with E-state index in [-0.39, 0.29) is 11.7 Å². The Balaban J connectivity index is 2.53. The zero-order valence-corrected chi connectivity index (χ0v) is 9.50. The summed E-state index contributed by atoms with van der Waals surface area (Å²) in [6.45, 7) is 3.94. The topological polar surface area (TPSA) is 49.3 Å². The van der Waals surface area contributed by atoms with Gasteiger partial charge >= 0.3 is 0 Å². The smallest absolute Gasteiger partial charge is 0.216 e. The maximum absolute atomic E-state index is 10.6. The Labute approximate surface area is 95.5 Å². The van der Waals surface area contributed by atoms with E-state index in [1.165, 1.54) is 6.92 Å². The number of benzene rings is 1. The number of hydrogen-bond donors (Lipinski definition) is 2. The Kier molecular flexibility index (Phi) is 4.41. The molecule has 16 heavy (non-hydrogen) atoms. The second-order valence-corrected chi connectivity index (χ2v) is 3.59. The summed E-state index contributed by atoms with van der Waals surface area (Å²) in [5.41, 5.74) is 1.77. The van der Waals surface area contributed by atoms with E-state index in [2.05, 4.69) is 17.2 Å². The maximum atomic E-state index is 10.6. The Hall–Kier alpha value is -1.95. The van der Waals surface area contributed by atoms with Crippen LogP contribution in [0.2, 0.25) is 0 Å². The maximum Gasteiger partial charge on any atom is 0.216 e. The molecule has 0 saturated heterocycles. The van der Waals surface area contributed by atoms with Crippen LogP contribution in [0.15, 0.2) is 18.2 Å². The van der Waals surface area contributed by atoms with Crippen LogP contribution in [-0.4, -0.2) is 17.6 Å². The van der Waals surface area contributed by atoms with E-state index in [4.69, 9.17) is 0 Å². The van der Waals surface area contributed by atoms with Crippen LogP contribution in [0.25, 0.3) is 0 Å². The van der Waals surface area contributed by atoms with Crippen molar-refractivity contribution in [3.8, 4) is 17.6 Å². The van der Waals surface area contributed by atoms with Crippen LogP contribution in [0.3, 0.4) is 0 Å². The van der Waals surface area contributed by atoms with E-state index < -0.39 is 0 Å². The summed E-state index contributed by atoms with van der Waals surface area (Å²) in [5.74, 6) is 6.06. The number of aromatic hydroxyl groups is 1. The van der Waals surface area contributed by atoms with E-state index in [9.17, 15) is 9.90 Å². The molecule has 0 bridgehead atoms. The first-order chi connectivity index (χ1) is 7.58. The van der Waals surface area contributed by atoms with Crippen molar-refractivity contribution < 1.29 is 9.90 Å². The van der Waals surface area contributed by atoms with Crippen molar-refractivity contribution in [2.75, 3.05) is 6.54 Å². The predicted octanol–water partition coefficient (Wildman–Crippen LogP) is 1.58. The summed E-state index contributed by atoms with van der Waals surface area (Å²) < 4.78 is 0. The predicted molar refractivity (Wildman–Crippen MR) is 63.0 cm³/mol. The van der Waals surface area contributed by atoms with Crippen molar-refractivity contribution in [1.29, 1.82) is 0 Å². The Bertz CT molecular complexity index is 421. The molecule has 0 heterocycles. The molecule has 3 nitrogen and oxygen atoms in total. The van der Waals surface area contributed by atoms with Gasteiger partial charge in [-0.15, -0.1) is 0 Å². The van der Waals surface area contributed by atoms with Gasteiger partial charge in [0, 0.05) is 25.5 Å². The van der Waals surface area contributed by atoms with E-state index >= 15 is 0 Å². The highest BCUT2D eigenvalue weighted by Crippen LogP contribution is 2.13. The third-order valence-corrected chi connectivity index (χ3v) is 1.92. The van der Waals surface area contributed by atoms with Gasteiger partial charge in [0.2, 0.25) is 5.91 Å². The molecule has 0 spiro atoms. The zero-order chi connectivity index (χ0) is 12.0. The number of rotatable bonds is 2. The van der Waals surface area contributed by atoms with Crippen LogP contribution in [0.5, 0.6) is 5.75 Å². The van der Waals surface area contributed by atoms with Gasteiger partial charge in [0.15, 0.2) is 0 Å². The molecular weight excluding hydrogens is 202 g/mol. The number of carbonyl (C=O) groups is 1. The minimum atomic E-state index is -0.0463. The van der Waals surface area contributed by atoms with Crippen LogP contribution in [0, 0.1) is 18.8 Å². The fraction of sp³-hybridized carbons (Fsp3) is 0.308. The van der Waals surface area contributed by atoms with Gasteiger partial charge in [-0.25, -0.2) is 0 Å². The van der Waals surface area contributed by atoms with E-state index in [1.807, 2.05) is 13.0 Å². The van der Waals surface area contributed by atoms with Crippen LogP contribution in [0.1, 0.15) is 24.5 Å². The average molecular weight is 217 g/mol. The van der Waals surface area contributed by atoms with E-state index in [0.717, 1.165) is 11.1 Å². The molecule has 0 unspecified atom stereocenters. The Morgan fingerprint density at radius 3 is 2.81 bits per heavy atom. The van der Waals surface area contributed by atoms with Crippen molar-refractivity contribution in [2.45, 2.75) is 20.3 Å².